The van der Waals surface area contributed by atoms with Crippen molar-refractivity contribution in [2.45, 2.75) is 51.6 Å². The van der Waals surface area contributed by atoms with Crippen LogP contribution in [-0.2, 0) is 12.0 Å². The molecule has 0 amide bonds. The SMILES string of the molecule is CNCc1cc(F)c([N+](=O)Nc2cccc(-c3nc(C(C)(C)C)sc3-c3ccnc(NC4CCNCC4)n3)c2F)c(F)c1.C[N+](=O)S. The summed E-state index contributed by atoms with van der Waals surface area (Å²) in [4.78, 5) is 36.5. The van der Waals surface area contributed by atoms with Crippen molar-refractivity contribution < 1.29 is 22.2 Å². The van der Waals surface area contributed by atoms with Gasteiger partial charge in [0.2, 0.25) is 17.6 Å². The van der Waals surface area contributed by atoms with Gasteiger partial charge < -0.3 is 16.0 Å². The fraction of sp³-hybridized carbons (Fsp3) is 0.387. The predicted octanol–water partition coefficient (Wildman–Crippen LogP) is 6.54. The summed E-state index contributed by atoms with van der Waals surface area (Å²) in [5.74, 6) is -2.47. The molecular formula is C31H38F3N9O2S2+2. The summed E-state index contributed by atoms with van der Waals surface area (Å²) in [7, 11) is 2.94. The number of halogens is 3. The summed E-state index contributed by atoms with van der Waals surface area (Å²) in [6, 6.07) is 8.51. The van der Waals surface area contributed by atoms with Crippen molar-refractivity contribution in [3.63, 3.8) is 0 Å². The predicted molar refractivity (Wildman–Crippen MR) is 181 cm³/mol. The maximum absolute atomic E-state index is 16.1. The number of benzene rings is 2. The van der Waals surface area contributed by atoms with Gasteiger partial charge in [0.1, 0.15) is 5.69 Å². The smallest absolute Gasteiger partial charge is 0.351 e. The molecule has 0 bridgehead atoms. The van der Waals surface area contributed by atoms with Gasteiger partial charge >= 0.3 is 5.69 Å². The van der Waals surface area contributed by atoms with E-state index in [0.717, 1.165) is 43.1 Å². The third-order valence-electron chi connectivity index (χ3n) is 6.97. The molecule has 0 spiro atoms. The van der Waals surface area contributed by atoms with Gasteiger partial charge in [-0.3, -0.25) is 0 Å². The number of anilines is 2. The van der Waals surface area contributed by atoms with Gasteiger partial charge in [-0.05, 0) is 68.9 Å². The van der Waals surface area contributed by atoms with Crippen molar-refractivity contribution in [1.29, 1.82) is 0 Å². The monoisotopic (exact) mass is 689 g/mol. The van der Waals surface area contributed by atoms with Crippen molar-refractivity contribution >= 4 is 41.5 Å². The molecule has 0 saturated carbocycles. The van der Waals surface area contributed by atoms with Gasteiger partial charge in [0, 0.05) is 34.7 Å². The minimum Gasteiger partial charge on any atom is -0.351 e. The summed E-state index contributed by atoms with van der Waals surface area (Å²) >= 11 is 4.64. The zero-order chi connectivity index (χ0) is 34.3. The van der Waals surface area contributed by atoms with Crippen LogP contribution < -0.4 is 21.4 Å². The number of aromatic nitrogens is 3. The molecule has 1 fully saturated rings. The second-order valence-electron chi connectivity index (χ2n) is 11.9. The number of nitrogens with one attached hydrogen (secondary N) is 4. The number of nitroso groups, excluding NO2 is 2. The number of thiazole rings is 1. The van der Waals surface area contributed by atoms with E-state index in [1.165, 1.54) is 24.5 Å². The fourth-order valence-corrected chi connectivity index (χ4v) is 5.89. The Balaban J connectivity index is 0.00000118. The molecule has 16 heteroatoms. The van der Waals surface area contributed by atoms with E-state index in [1.54, 1.807) is 31.4 Å². The van der Waals surface area contributed by atoms with Gasteiger partial charge in [-0.15, -0.1) is 16.8 Å². The Bertz CT molecular complexity index is 1710. The van der Waals surface area contributed by atoms with E-state index in [-0.39, 0.29) is 34.1 Å². The summed E-state index contributed by atoms with van der Waals surface area (Å²) < 4.78 is 45.9. The van der Waals surface area contributed by atoms with Crippen molar-refractivity contribution in [1.82, 2.24) is 25.6 Å². The lowest BCUT2D eigenvalue weighted by Crippen LogP contribution is -2.35. The molecule has 0 radical (unpaired) electrons. The van der Waals surface area contributed by atoms with Crippen LogP contribution in [0, 0.1) is 27.3 Å². The molecule has 2 aromatic carbocycles. The van der Waals surface area contributed by atoms with Crippen LogP contribution in [-0.4, -0.2) is 57.2 Å². The molecule has 1 aliphatic heterocycles. The highest BCUT2D eigenvalue weighted by atomic mass is 32.1. The molecule has 250 valence electrons. The molecule has 0 atom stereocenters. The lowest BCUT2D eigenvalue weighted by molar-refractivity contribution is -0.432. The average Bonchev–Trinajstić information content (AvgIpc) is 3.45. The number of hydrogen-bond donors (Lipinski definition) is 5. The van der Waals surface area contributed by atoms with E-state index in [0.29, 0.717) is 31.9 Å². The lowest BCUT2D eigenvalue weighted by atomic mass is 9.98. The van der Waals surface area contributed by atoms with Gasteiger partial charge in [0.25, 0.3) is 0 Å². The minimum atomic E-state index is -1.07. The maximum atomic E-state index is 16.1. The quantitative estimate of drug-likeness (QED) is 0.0757. The van der Waals surface area contributed by atoms with Crippen LogP contribution in [0.25, 0.3) is 21.8 Å². The van der Waals surface area contributed by atoms with E-state index in [4.69, 9.17) is 9.97 Å². The number of rotatable bonds is 9. The standard InChI is InChI=1S/C30H34F3N8OS.CH4NOS/c1-30(2,3)28-39-25(27(43-28)23-10-13-36-29(38-23)37-18-8-11-35-12-9-18)19-6-5-7-22(24(19)33)40-41(42)26-20(31)14-17(16-34-4)15-21(26)32;1-2(3)4/h5-7,10,13-15,18,34-35H,8-9,11-12,16H2,1-4H3,(H,40,42)(H,36,37,38);1H3,(H,3,4)/q2*+1. The summed E-state index contributed by atoms with van der Waals surface area (Å²) in [5, 5.41) is 10.3. The number of hydrogen-bond acceptors (Lipinski definition) is 9. The molecule has 11 nitrogen and oxygen atoms in total. The van der Waals surface area contributed by atoms with Crippen LogP contribution in [0.3, 0.4) is 0 Å². The normalized spacial score (nSPS) is 13.5. The molecule has 0 aliphatic carbocycles. The first-order valence-corrected chi connectivity index (χ1v) is 16.1. The van der Waals surface area contributed by atoms with Crippen molar-refractivity contribution in [2.24, 2.45) is 0 Å². The number of piperidine rings is 1. The molecule has 0 unspecified atom stereocenters. The highest BCUT2D eigenvalue weighted by molar-refractivity contribution is 7.73. The Morgan fingerprint density at radius 1 is 1.06 bits per heavy atom. The molecule has 1 aliphatic rings. The van der Waals surface area contributed by atoms with Gasteiger partial charge in [-0.1, -0.05) is 26.8 Å². The average molecular weight is 690 g/mol. The van der Waals surface area contributed by atoms with Crippen LogP contribution in [0.1, 0.15) is 44.2 Å². The van der Waals surface area contributed by atoms with E-state index in [9.17, 15) is 18.6 Å². The van der Waals surface area contributed by atoms with Crippen molar-refractivity contribution in [3.8, 4) is 21.8 Å². The fourth-order valence-electron chi connectivity index (χ4n) is 4.79. The number of hydrazine groups is 1. The zero-order valence-electron chi connectivity index (χ0n) is 26.7. The van der Waals surface area contributed by atoms with Crippen LogP contribution in [0.5, 0.6) is 0 Å². The van der Waals surface area contributed by atoms with Crippen LogP contribution in [0.2, 0.25) is 0 Å². The summed E-state index contributed by atoms with van der Waals surface area (Å²) in [6.45, 7) is 8.08. The maximum Gasteiger partial charge on any atom is 0.362 e. The summed E-state index contributed by atoms with van der Waals surface area (Å²) in [5.41, 5.74) is 2.13. The van der Waals surface area contributed by atoms with Crippen LogP contribution in [0.4, 0.5) is 30.5 Å². The van der Waals surface area contributed by atoms with E-state index in [2.05, 4.69) is 39.2 Å². The Labute approximate surface area is 280 Å². The van der Waals surface area contributed by atoms with E-state index >= 15 is 4.39 Å². The highest BCUT2D eigenvalue weighted by Crippen LogP contribution is 2.42. The molecular weight excluding hydrogens is 652 g/mol. The molecule has 47 heavy (non-hydrogen) atoms. The zero-order valence-corrected chi connectivity index (χ0v) is 28.4. The molecule has 4 aromatic rings. The van der Waals surface area contributed by atoms with Gasteiger partial charge in [-0.25, -0.2) is 19.3 Å². The first-order valence-electron chi connectivity index (χ1n) is 14.9. The van der Waals surface area contributed by atoms with Gasteiger partial charge in [-0.2, -0.15) is 8.78 Å². The van der Waals surface area contributed by atoms with Crippen LogP contribution >= 0.6 is 24.2 Å². The topological polar surface area (TPSA) is 127 Å². The third kappa shape index (κ3) is 9.31. The largest absolute Gasteiger partial charge is 0.362 e. The van der Waals surface area contributed by atoms with Crippen LogP contribution in [0.15, 0.2) is 42.6 Å². The van der Waals surface area contributed by atoms with Gasteiger partial charge in [0.05, 0.1) is 30.3 Å². The number of nitrogens with zero attached hydrogens (tertiary/aromatic N) is 5. The van der Waals surface area contributed by atoms with E-state index in [1.807, 2.05) is 20.8 Å². The number of thiol groups is 1. The molecule has 5 rings (SSSR count). The van der Waals surface area contributed by atoms with E-state index < -0.39 is 23.1 Å². The molecule has 1 saturated heterocycles. The first kappa shape index (κ1) is 35.9. The first-order chi connectivity index (χ1) is 22.3. The molecule has 4 N–H and O–H groups in total. The molecule has 2 aromatic heterocycles. The van der Waals surface area contributed by atoms with Gasteiger partial charge in [0.15, 0.2) is 30.5 Å². The molecule has 3 heterocycles. The Morgan fingerprint density at radius 3 is 2.34 bits per heavy atom. The Morgan fingerprint density at radius 2 is 1.72 bits per heavy atom. The Kier molecular flexibility index (Phi) is 12.0. The lowest BCUT2D eigenvalue weighted by Gasteiger charge is -2.23. The second kappa shape index (κ2) is 15.7. The minimum absolute atomic E-state index is 0.108. The Hall–Kier alpha value is -3.99. The van der Waals surface area contributed by atoms with Crippen molar-refractivity contribution in [2.75, 3.05) is 37.9 Å². The summed E-state index contributed by atoms with van der Waals surface area (Å²) in [6.07, 6.45) is 3.55. The second-order valence-corrected chi connectivity index (χ2v) is 13.4. The highest BCUT2D eigenvalue weighted by Gasteiger charge is 2.30. The third-order valence-corrected chi connectivity index (χ3v) is 8.47. The van der Waals surface area contributed by atoms with Crippen molar-refractivity contribution in [3.05, 3.63) is 80.4 Å².